The Kier molecular flexibility index (Phi) is 6.72. The fourth-order valence-electron chi connectivity index (χ4n) is 3.92. The maximum atomic E-state index is 12.9. The van der Waals surface area contributed by atoms with E-state index in [1.54, 1.807) is 4.90 Å². The maximum Gasteiger partial charge on any atom is 0.243 e. The Bertz CT molecular complexity index is 1230. The Balaban J connectivity index is 1.34. The zero-order valence-corrected chi connectivity index (χ0v) is 19.3. The molecule has 1 aliphatic heterocycles. The summed E-state index contributed by atoms with van der Waals surface area (Å²) >= 11 is 0. The van der Waals surface area contributed by atoms with Gasteiger partial charge < -0.3 is 4.90 Å². The number of benzene rings is 3. The molecule has 6 nitrogen and oxygen atoms in total. The van der Waals surface area contributed by atoms with E-state index in [-0.39, 0.29) is 36.1 Å². The van der Waals surface area contributed by atoms with Crippen LogP contribution in [0.3, 0.4) is 0 Å². The molecule has 1 aliphatic rings. The third kappa shape index (κ3) is 5.21. The third-order valence-corrected chi connectivity index (χ3v) is 7.82. The molecule has 0 spiro atoms. The Morgan fingerprint density at radius 1 is 0.758 bits per heavy atom. The number of ketones is 1. The molecule has 0 aliphatic carbocycles. The Morgan fingerprint density at radius 2 is 1.33 bits per heavy atom. The minimum Gasteiger partial charge on any atom is -0.340 e. The van der Waals surface area contributed by atoms with Gasteiger partial charge in [0.1, 0.15) is 0 Å². The predicted molar refractivity (Wildman–Crippen MR) is 127 cm³/mol. The fourth-order valence-corrected chi connectivity index (χ4v) is 5.34. The quantitative estimate of drug-likeness (QED) is 0.525. The number of carbonyl (C=O) groups excluding carboxylic acids is 2. The van der Waals surface area contributed by atoms with Crippen LogP contribution in [0, 0.1) is 0 Å². The Labute approximate surface area is 194 Å². The van der Waals surface area contributed by atoms with Gasteiger partial charge in [0.25, 0.3) is 0 Å². The molecule has 0 atom stereocenters. The van der Waals surface area contributed by atoms with E-state index >= 15 is 0 Å². The van der Waals surface area contributed by atoms with Crippen molar-refractivity contribution in [3.8, 4) is 11.1 Å². The van der Waals surface area contributed by atoms with Gasteiger partial charge in [-0.25, -0.2) is 8.42 Å². The largest absolute Gasteiger partial charge is 0.340 e. The highest BCUT2D eigenvalue weighted by molar-refractivity contribution is 7.89. The number of rotatable bonds is 6. The summed E-state index contributed by atoms with van der Waals surface area (Å²) in [7, 11) is -3.66. The molecule has 33 heavy (non-hydrogen) atoms. The van der Waals surface area contributed by atoms with Crippen LogP contribution in [0.25, 0.3) is 11.1 Å². The van der Waals surface area contributed by atoms with Crippen molar-refractivity contribution in [2.75, 3.05) is 26.2 Å². The number of hydrogen-bond acceptors (Lipinski definition) is 4. The summed E-state index contributed by atoms with van der Waals surface area (Å²) in [6.45, 7) is 2.64. The lowest BCUT2D eigenvalue weighted by molar-refractivity contribution is -0.131. The minimum absolute atomic E-state index is 0.00896. The molecule has 3 aromatic carbocycles. The highest BCUT2D eigenvalue weighted by Crippen LogP contribution is 2.21. The van der Waals surface area contributed by atoms with Crippen molar-refractivity contribution in [1.29, 1.82) is 0 Å². The van der Waals surface area contributed by atoms with Crippen molar-refractivity contribution in [3.63, 3.8) is 0 Å². The first-order valence-electron chi connectivity index (χ1n) is 10.9. The van der Waals surface area contributed by atoms with Crippen LogP contribution >= 0.6 is 0 Å². The monoisotopic (exact) mass is 462 g/mol. The van der Waals surface area contributed by atoms with E-state index in [0.29, 0.717) is 18.7 Å². The fraction of sp³-hybridized carbons (Fsp3) is 0.231. The average molecular weight is 463 g/mol. The lowest BCUT2D eigenvalue weighted by atomic mass is 10.0. The molecule has 170 valence electrons. The first-order chi connectivity index (χ1) is 15.8. The summed E-state index contributed by atoms with van der Waals surface area (Å²) < 4.78 is 27.2. The van der Waals surface area contributed by atoms with Gasteiger partial charge in [0.15, 0.2) is 5.78 Å². The second kappa shape index (κ2) is 9.68. The maximum absolute atomic E-state index is 12.9. The molecule has 1 fully saturated rings. The molecular formula is C26H26N2O4S. The highest BCUT2D eigenvalue weighted by atomic mass is 32.2. The third-order valence-electron chi connectivity index (χ3n) is 5.91. The number of sulfonamides is 1. The minimum atomic E-state index is -3.66. The molecular weight excluding hydrogens is 436 g/mol. The molecule has 0 bridgehead atoms. The van der Waals surface area contributed by atoms with Crippen LogP contribution in [-0.2, 0) is 21.2 Å². The van der Waals surface area contributed by atoms with Crippen molar-refractivity contribution in [1.82, 2.24) is 9.21 Å². The lowest BCUT2D eigenvalue weighted by Gasteiger charge is -2.34. The van der Waals surface area contributed by atoms with Gasteiger partial charge in [-0.05, 0) is 35.7 Å². The summed E-state index contributed by atoms with van der Waals surface area (Å²) in [6, 6.07) is 24.0. The number of Topliss-reactive ketones (excluding diaryl/α,β-unsaturated/α-hetero) is 1. The molecule has 0 aromatic heterocycles. The smallest absolute Gasteiger partial charge is 0.243 e. The van der Waals surface area contributed by atoms with E-state index in [1.165, 1.54) is 35.5 Å². The Morgan fingerprint density at radius 3 is 1.91 bits per heavy atom. The van der Waals surface area contributed by atoms with Crippen molar-refractivity contribution in [2.24, 2.45) is 0 Å². The number of carbonyl (C=O) groups is 2. The molecule has 1 amide bonds. The van der Waals surface area contributed by atoms with Gasteiger partial charge in [-0.1, -0.05) is 66.7 Å². The topological polar surface area (TPSA) is 74.8 Å². The number of hydrogen-bond donors (Lipinski definition) is 0. The summed E-state index contributed by atoms with van der Waals surface area (Å²) in [6.07, 6.45) is 0.286. The van der Waals surface area contributed by atoms with E-state index in [2.05, 4.69) is 0 Å². The first-order valence-corrected chi connectivity index (χ1v) is 12.3. The highest BCUT2D eigenvalue weighted by Gasteiger charge is 2.30. The van der Waals surface area contributed by atoms with Crippen LogP contribution in [0.15, 0.2) is 83.8 Å². The van der Waals surface area contributed by atoms with E-state index < -0.39 is 10.0 Å². The van der Waals surface area contributed by atoms with Crippen LogP contribution in [0.1, 0.15) is 22.8 Å². The van der Waals surface area contributed by atoms with Crippen molar-refractivity contribution < 1.29 is 18.0 Å². The normalized spacial score (nSPS) is 14.8. The summed E-state index contributed by atoms with van der Waals surface area (Å²) in [4.78, 5) is 26.1. The number of amides is 1. The summed E-state index contributed by atoms with van der Waals surface area (Å²) in [5.41, 5.74) is 3.63. The first kappa shape index (κ1) is 22.9. The van der Waals surface area contributed by atoms with Gasteiger partial charge in [0.2, 0.25) is 15.9 Å². The van der Waals surface area contributed by atoms with Gasteiger partial charge in [-0.3, -0.25) is 9.59 Å². The molecule has 0 saturated carbocycles. The van der Waals surface area contributed by atoms with Gasteiger partial charge in [-0.15, -0.1) is 0 Å². The predicted octanol–water partition coefficient (Wildman–Crippen LogP) is 3.63. The van der Waals surface area contributed by atoms with E-state index in [4.69, 9.17) is 0 Å². The van der Waals surface area contributed by atoms with Crippen LogP contribution in [0.2, 0.25) is 0 Å². The van der Waals surface area contributed by atoms with Crippen LogP contribution in [0.5, 0.6) is 0 Å². The van der Waals surface area contributed by atoms with Crippen LogP contribution in [0.4, 0.5) is 0 Å². The summed E-state index contributed by atoms with van der Waals surface area (Å²) in [5, 5.41) is 0. The SMILES string of the molecule is CC(=O)c1ccc(S(=O)(=O)N2CCN(C(=O)Cc3ccc(-c4ccccc4)cc3)CC2)cc1. The lowest BCUT2D eigenvalue weighted by Crippen LogP contribution is -2.50. The molecule has 0 unspecified atom stereocenters. The van der Waals surface area contributed by atoms with Crippen molar-refractivity contribution >= 4 is 21.7 Å². The zero-order valence-electron chi connectivity index (χ0n) is 18.5. The van der Waals surface area contributed by atoms with Crippen molar-refractivity contribution in [2.45, 2.75) is 18.2 Å². The second-order valence-electron chi connectivity index (χ2n) is 8.11. The van der Waals surface area contributed by atoms with Crippen LogP contribution < -0.4 is 0 Å². The number of nitrogens with zero attached hydrogens (tertiary/aromatic N) is 2. The van der Waals surface area contributed by atoms with E-state index in [1.807, 2.05) is 54.6 Å². The summed E-state index contributed by atoms with van der Waals surface area (Å²) in [5.74, 6) is -0.119. The Hall–Kier alpha value is -3.29. The average Bonchev–Trinajstić information content (AvgIpc) is 2.85. The molecule has 7 heteroatoms. The van der Waals surface area contributed by atoms with Gasteiger partial charge in [-0.2, -0.15) is 4.31 Å². The van der Waals surface area contributed by atoms with E-state index in [0.717, 1.165) is 16.7 Å². The van der Waals surface area contributed by atoms with Gasteiger partial charge >= 0.3 is 0 Å². The van der Waals surface area contributed by atoms with Crippen molar-refractivity contribution in [3.05, 3.63) is 90.0 Å². The molecule has 1 heterocycles. The molecule has 0 radical (unpaired) electrons. The molecule has 1 saturated heterocycles. The zero-order chi connectivity index (χ0) is 23.4. The molecule has 3 aromatic rings. The van der Waals surface area contributed by atoms with E-state index in [9.17, 15) is 18.0 Å². The van der Waals surface area contributed by atoms with Gasteiger partial charge in [0.05, 0.1) is 11.3 Å². The molecule has 0 N–H and O–H groups in total. The van der Waals surface area contributed by atoms with Gasteiger partial charge in [0, 0.05) is 31.7 Å². The molecule has 4 rings (SSSR count). The second-order valence-corrected chi connectivity index (χ2v) is 10.0. The van der Waals surface area contributed by atoms with Crippen LogP contribution in [-0.4, -0.2) is 55.5 Å². The standard InChI is InChI=1S/C26H26N2O4S/c1-20(29)22-11-13-25(14-12-22)33(31,32)28-17-15-27(16-18-28)26(30)19-21-7-9-24(10-8-21)23-5-3-2-4-6-23/h2-14H,15-19H2,1H3. The number of piperazine rings is 1.